The minimum atomic E-state index is -2.74. The van der Waals surface area contributed by atoms with Crippen molar-refractivity contribution in [2.45, 2.75) is 19.5 Å². The number of hydrazine groups is 1. The first kappa shape index (κ1) is 20.3. The first-order chi connectivity index (χ1) is 14.9. The highest BCUT2D eigenvalue weighted by molar-refractivity contribution is 5.98. The Morgan fingerprint density at radius 1 is 1.00 bits per heavy atom. The number of benzene rings is 3. The molecule has 0 radical (unpaired) electrons. The first-order valence-electron chi connectivity index (χ1n) is 9.44. The van der Waals surface area contributed by atoms with Gasteiger partial charge in [-0.2, -0.15) is 0 Å². The molecule has 1 unspecified atom stereocenters. The van der Waals surface area contributed by atoms with Crippen LogP contribution in [0.4, 0.5) is 8.78 Å². The van der Waals surface area contributed by atoms with Crippen molar-refractivity contribution in [3.63, 3.8) is 0 Å². The van der Waals surface area contributed by atoms with Gasteiger partial charge in [0.25, 0.3) is 18.2 Å². The number of carbonyl (C=O) groups excluding carboxylic acids is 2. The number of halogens is 2. The van der Waals surface area contributed by atoms with Crippen LogP contribution < -0.4 is 15.6 Å². The van der Waals surface area contributed by atoms with Gasteiger partial charge in [-0.3, -0.25) is 20.4 Å². The molecule has 0 saturated carbocycles. The first-order valence-corrected chi connectivity index (χ1v) is 9.44. The van der Waals surface area contributed by atoms with Crippen LogP contribution in [0.15, 0.2) is 60.7 Å². The number of rotatable bonds is 5. The van der Waals surface area contributed by atoms with Crippen molar-refractivity contribution < 1.29 is 23.1 Å². The van der Waals surface area contributed by atoms with Gasteiger partial charge in [-0.1, -0.05) is 30.3 Å². The van der Waals surface area contributed by atoms with E-state index in [1.54, 1.807) is 13.0 Å². The number of hydrogen-bond donors (Lipinski definition) is 3. The van der Waals surface area contributed by atoms with Crippen molar-refractivity contribution in [1.82, 2.24) is 20.8 Å². The number of ether oxygens (including phenoxy) is 1. The normalized spacial score (nSPS) is 12.1. The zero-order valence-corrected chi connectivity index (χ0v) is 16.4. The molecule has 9 heteroatoms. The minimum absolute atomic E-state index is 0.167. The van der Waals surface area contributed by atoms with Crippen LogP contribution in [0.5, 0.6) is 5.75 Å². The number of amides is 2. The monoisotopic (exact) mass is 424 g/mol. The Hall–Kier alpha value is -4.01. The molecule has 0 aliphatic carbocycles. The second-order valence-electron chi connectivity index (χ2n) is 6.87. The highest BCUT2D eigenvalue weighted by atomic mass is 19.3. The maximum Gasteiger partial charge on any atom is 0.295 e. The lowest BCUT2D eigenvalue weighted by atomic mass is 10.1. The van der Waals surface area contributed by atoms with E-state index in [0.29, 0.717) is 16.8 Å². The van der Waals surface area contributed by atoms with Crippen LogP contribution in [0.3, 0.4) is 0 Å². The molecule has 7 nitrogen and oxygen atoms in total. The third-order valence-corrected chi connectivity index (χ3v) is 4.67. The molecule has 158 valence electrons. The van der Waals surface area contributed by atoms with Gasteiger partial charge in [0.05, 0.1) is 11.0 Å². The number of imidazole rings is 1. The van der Waals surface area contributed by atoms with E-state index in [1.165, 1.54) is 18.2 Å². The summed E-state index contributed by atoms with van der Waals surface area (Å²) in [7, 11) is 0. The summed E-state index contributed by atoms with van der Waals surface area (Å²) in [5, 5.41) is 2.03. The molecule has 3 aromatic carbocycles. The molecule has 4 aromatic rings. The average Bonchev–Trinajstić information content (AvgIpc) is 3.21. The Labute approximate surface area is 175 Å². The van der Waals surface area contributed by atoms with Gasteiger partial charge in [0.1, 0.15) is 5.75 Å². The largest absolute Gasteiger partial charge is 0.481 e. The van der Waals surface area contributed by atoms with E-state index in [-0.39, 0.29) is 5.56 Å². The number of nitrogens with zero attached hydrogens (tertiary/aromatic N) is 1. The zero-order chi connectivity index (χ0) is 22.0. The Morgan fingerprint density at radius 3 is 2.55 bits per heavy atom. The maximum absolute atomic E-state index is 12.8. The molecule has 4 rings (SSSR count). The fraction of sp³-hybridized carbons (Fsp3) is 0.136. The molecule has 0 saturated heterocycles. The summed E-state index contributed by atoms with van der Waals surface area (Å²) < 4.78 is 31.2. The Balaban J connectivity index is 1.36. The van der Waals surface area contributed by atoms with Gasteiger partial charge in [0, 0.05) is 5.56 Å². The summed E-state index contributed by atoms with van der Waals surface area (Å²) >= 11 is 0. The molecular weight excluding hydrogens is 406 g/mol. The summed E-state index contributed by atoms with van der Waals surface area (Å²) in [6, 6.07) is 17.5. The van der Waals surface area contributed by atoms with E-state index in [2.05, 4.69) is 20.8 Å². The fourth-order valence-corrected chi connectivity index (χ4v) is 3.06. The molecular formula is C22H18F2N4O3. The van der Waals surface area contributed by atoms with Crippen molar-refractivity contribution in [1.29, 1.82) is 0 Å². The standard InChI is InChI=1S/C22H18F2N4O3/c1-12(31-16-8-6-13-4-2-3-5-14(13)10-16)21(29)27-28-22(30)15-7-9-17-18(11-15)26-20(25-17)19(23)24/h2-12,19H,1H3,(H,25,26)(H,27,29)(H,28,30). The topological polar surface area (TPSA) is 96.1 Å². The van der Waals surface area contributed by atoms with Crippen molar-refractivity contribution in [2.24, 2.45) is 0 Å². The predicted octanol–water partition coefficient (Wildman–Crippen LogP) is 3.88. The third kappa shape index (κ3) is 4.45. The highest BCUT2D eigenvalue weighted by Crippen LogP contribution is 2.22. The van der Waals surface area contributed by atoms with Crippen molar-refractivity contribution in [3.05, 3.63) is 72.1 Å². The zero-order valence-electron chi connectivity index (χ0n) is 16.4. The molecule has 1 atom stereocenters. The number of H-pyrrole nitrogens is 1. The predicted molar refractivity (Wildman–Crippen MR) is 111 cm³/mol. The van der Waals surface area contributed by atoms with Gasteiger partial charge in [-0.25, -0.2) is 13.8 Å². The highest BCUT2D eigenvalue weighted by Gasteiger charge is 2.17. The summed E-state index contributed by atoms with van der Waals surface area (Å²) in [6.07, 6.45) is -3.61. The van der Waals surface area contributed by atoms with Crippen LogP contribution in [0, 0.1) is 0 Å². The number of aromatic amines is 1. The minimum Gasteiger partial charge on any atom is -0.481 e. The fourth-order valence-electron chi connectivity index (χ4n) is 3.06. The number of hydrogen-bond acceptors (Lipinski definition) is 4. The SMILES string of the molecule is CC(Oc1ccc2ccccc2c1)C(=O)NNC(=O)c1ccc2nc(C(F)F)[nH]c2c1. The molecule has 0 fully saturated rings. The number of nitrogens with one attached hydrogen (secondary N) is 3. The van der Waals surface area contributed by atoms with E-state index < -0.39 is 30.2 Å². The van der Waals surface area contributed by atoms with Crippen molar-refractivity contribution >= 4 is 33.6 Å². The lowest BCUT2D eigenvalue weighted by Gasteiger charge is -2.15. The molecule has 2 amide bonds. The van der Waals surface area contributed by atoms with Crippen LogP contribution in [0.25, 0.3) is 21.8 Å². The number of fused-ring (bicyclic) bond motifs is 2. The molecule has 0 bridgehead atoms. The summed E-state index contributed by atoms with van der Waals surface area (Å²) in [5.74, 6) is -1.11. The lowest BCUT2D eigenvalue weighted by molar-refractivity contribution is -0.128. The van der Waals surface area contributed by atoms with E-state index in [9.17, 15) is 18.4 Å². The van der Waals surface area contributed by atoms with Gasteiger partial charge in [0.15, 0.2) is 11.9 Å². The lowest BCUT2D eigenvalue weighted by Crippen LogP contribution is -2.47. The van der Waals surface area contributed by atoms with Gasteiger partial charge < -0.3 is 9.72 Å². The van der Waals surface area contributed by atoms with Crippen LogP contribution >= 0.6 is 0 Å². The van der Waals surface area contributed by atoms with Crippen LogP contribution in [-0.2, 0) is 4.79 Å². The molecule has 0 aliphatic rings. The second-order valence-corrected chi connectivity index (χ2v) is 6.87. The van der Waals surface area contributed by atoms with Crippen molar-refractivity contribution in [2.75, 3.05) is 0 Å². The number of carbonyl (C=O) groups is 2. The summed E-state index contributed by atoms with van der Waals surface area (Å²) in [5.41, 5.74) is 5.36. The average molecular weight is 424 g/mol. The number of alkyl halides is 2. The van der Waals surface area contributed by atoms with E-state index in [0.717, 1.165) is 10.8 Å². The summed E-state index contributed by atoms with van der Waals surface area (Å²) in [6.45, 7) is 1.55. The van der Waals surface area contributed by atoms with Crippen LogP contribution in [0.1, 0.15) is 29.5 Å². The second kappa shape index (κ2) is 8.39. The molecule has 0 spiro atoms. The van der Waals surface area contributed by atoms with E-state index in [4.69, 9.17) is 4.74 Å². The van der Waals surface area contributed by atoms with Gasteiger partial charge in [-0.15, -0.1) is 0 Å². The maximum atomic E-state index is 12.8. The van der Waals surface area contributed by atoms with Crippen LogP contribution in [-0.4, -0.2) is 27.9 Å². The summed E-state index contributed by atoms with van der Waals surface area (Å²) in [4.78, 5) is 30.8. The van der Waals surface area contributed by atoms with Gasteiger partial charge in [0.2, 0.25) is 0 Å². The third-order valence-electron chi connectivity index (χ3n) is 4.67. The van der Waals surface area contributed by atoms with Gasteiger partial charge >= 0.3 is 0 Å². The van der Waals surface area contributed by atoms with Crippen LogP contribution in [0.2, 0.25) is 0 Å². The molecule has 1 heterocycles. The number of aromatic nitrogens is 2. The molecule has 31 heavy (non-hydrogen) atoms. The van der Waals surface area contributed by atoms with Gasteiger partial charge in [-0.05, 0) is 48.0 Å². The quantitative estimate of drug-likeness (QED) is 0.424. The van der Waals surface area contributed by atoms with Crippen molar-refractivity contribution in [3.8, 4) is 5.75 Å². The molecule has 1 aromatic heterocycles. The Morgan fingerprint density at radius 2 is 1.77 bits per heavy atom. The van der Waals surface area contributed by atoms with E-state index in [1.807, 2.05) is 36.4 Å². The van der Waals surface area contributed by atoms with E-state index >= 15 is 0 Å². The Kier molecular flexibility index (Phi) is 5.48. The smallest absolute Gasteiger partial charge is 0.295 e. The molecule has 0 aliphatic heterocycles. The molecule has 3 N–H and O–H groups in total. The Bertz CT molecular complexity index is 1270.